The lowest BCUT2D eigenvalue weighted by atomic mass is 9.84. The van der Waals surface area contributed by atoms with Crippen molar-refractivity contribution in [2.75, 3.05) is 5.73 Å². The summed E-state index contributed by atoms with van der Waals surface area (Å²) in [4.78, 5) is 14.4. The zero-order valence-electron chi connectivity index (χ0n) is 19.8. The van der Waals surface area contributed by atoms with Crippen LogP contribution in [0.15, 0.2) is 52.0 Å². The van der Waals surface area contributed by atoms with Crippen molar-refractivity contribution < 1.29 is 19.7 Å². The first kappa shape index (κ1) is 23.6. The van der Waals surface area contributed by atoms with E-state index >= 15 is 0 Å². The van der Waals surface area contributed by atoms with E-state index in [0.29, 0.717) is 19.3 Å². The van der Waals surface area contributed by atoms with Crippen LogP contribution in [-0.4, -0.2) is 21.8 Å². The minimum Gasteiger partial charge on any atom is -0.511 e. The number of esters is 1. The average molecular weight is 468 g/mol. The van der Waals surface area contributed by atoms with E-state index in [1.165, 1.54) is 11.8 Å². The Morgan fingerprint density at radius 2 is 1.82 bits per heavy atom. The highest BCUT2D eigenvalue weighted by molar-refractivity contribution is 8.04. The smallest absolute Gasteiger partial charge is 0.349 e. The number of cyclic esters (lactones) is 1. The van der Waals surface area contributed by atoms with Crippen molar-refractivity contribution in [3.8, 4) is 5.75 Å². The number of aromatic hydroxyl groups is 1. The van der Waals surface area contributed by atoms with Gasteiger partial charge in [-0.25, -0.2) is 4.79 Å². The van der Waals surface area contributed by atoms with E-state index in [1.54, 1.807) is 12.1 Å². The van der Waals surface area contributed by atoms with Crippen molar-refractivity contribution in [1.82, 2.24) is 0 Å². The Hall–Kier alpha value is -2.60. The third kappa shape index (κ3) is 5.01. The molecular formula is C27H33NO4S. The summed E-state index contributed by atoms with van der Waals surface area (Å²) in [5.74, 6) is 0.171. The summed E-state index contributed by atoms with van der Waals surface area (Å²) in [5, 5.41) is 20.6. The maximum absolute atomic E-state index is 13.2. The molecule has 0 unspecified atom stereocenters. The molecule has 4 N–H and O–H groups in total. The van der Waals surface area contributed by atoms with Gasteiger partial charge in [0, 0.05) is 17.0 Å². The van der Waals surface area contributed by atoms with Gasteiger partial charge in [0.1, 0.15) is 22.0 Å². The maximum atomic E-state index is 13.2. The number of aliphatic hydroxyl groups is 1. The molecule has 0 spiro atoms. The molecule has 1 aliphatic heterocycles. The topological polar surface area (TPSA) is 92.8 Å². The summed E-state index contributed by atoms with van der Waals surface area (Å²) in [6.45, 7) is 8.27. The first-order valence-corrected chi connectivity index (χ1v) is 12.3. The Morgan fingerprint density at radius 1 is 1.15 bits per heavy atom. The molecular weight excluding hydrogens is 434 g/mol. The first-order valence-electron chi connectivity index (χ1n) is 11.5. The number of phenolic OH excluding ortho intramolecular Hbond substituents is 1. The molecule has 1 heterocycles. The van der Waals surface area contributed by atoms with Gasteiger partial charge in [0.05, 0.1) is 0 Å². The number of aryl methyl sites for hydroxylation is 2. The molecule has 0 radical (unpaired) electrons. The number of hydrogen-bond acceptors (Lipinski definition) is 6. The summed E-state index contributed by atoms with van der Waals surface area (Å²) in [5.41, 5.74) is 9.09. The number of thioether (sulfide) groups is 1. The Labute approximate surface area is 200 Å². The summed E-state index contributed by atoms with van der Waals surface area (Å²) in [6.07, 6.45) is 3.70. The standard InChI is InChI=1S/C27H33NO4S/c1-16-13-23(20(14-21(16)28)26(2,3)4)33-24-22(30)15-27(18-7-8-18,32-25(24)31)12-11-17-5-9-19(29)10-6-17/h5-6,9-10,13-14,18,29-30H,7-8,11-12,15,28H2,1-4H3/t27-/m0/s1. The largest absolute Gasteiger partial charge is 0.511 e. The number of ether oxygens (including phenoxy) is 1. The van der Waals surface area contributed by atoms with Crippen molar-refractivity contribution in [1.29, 1.82) is 0 Å². The molecule has 1 fully saturated rings. The molecule has 2 aromatic carbocycles. The molecule has 0 amide bonds. The van der Waals surface area contributed by atoms with Crippen molar-refractivity contribution in [2.45, 2.75) is 75.7 Å². The number of hydrogen-bond donors (Lipinski definition) is 3. The van der Waals surface area contributed by atoms with Crippen molar-refractivity contribution in [3.63, 3.8) is 0 Å². The fraction of sp³-hybridized carbons (Fsp3) is 0.444. The summed E-state index contributed by atoms with van der Waals surface area (Å²) in [6, 6.07) is 11.1. The van der Waals surface area contributed by atoms with Crippen LogP contribution in [-0.2, 0) is 21.4 Å². The minimum atomic E-state index is -0.674. The second-order valence-electron chi connectivity index (χ2n) is 10.4. The second-order valence-corrected chi connectivity index (χ2v) is 11.5. The highest BCUT2D eigenvalue weighted by Crippen LogP contribution is 2.52. The fourth-order valence-electron chi connectivity index (χ4n) is 4.53. The Balaban J connectivity index is 1.60. The molecule has 2 aliphatic rings. The quantitative estimate of drug-likeness (QED) is 0.347. The predicted molar refractivity (Wildman–Crippen MR) is 132 cm³/mol. The zero-order valence-corrected chi connectivity index (χ0v) is 20.6. The number of nitrogen functional groups attached to an aromatic ring is 1. The van der Waals surface area contributed by atoms with Gasteiger partial charge in [-0.1, -0.05) is 44.7 Å². The van der Waals surface area contributed by atoms with Gasteiger partial charge in [-0.2, -0.15) is 0 Å². The number of rotatable bonds is 6. The average Bonchev–Trinajstić information content (AvgIpc) is 3.58. The van der Waals surface area contributed by atoms with E-state index in [0.717, 1.165) is 40.1 Å². The van der Waals surface area contributed by atoms with Gasteiger partial charge in [-0.05, 0) is 84.9 Å². The third-order valence-electron chi connectivity index (χ3n) is 6.69. The van der Waals surface area contributed by atoms with Crippen molar-refractivity contribution in [2.24, 2.45) is 5.92 Å². The van der Waals surface area contributed by atoms with E-state index in [9.17, 15) is 15.0 Å². The lowest BCUT2D eigenvalue weighted by Gasteiger charge is -2.37. The molecule has 176 valence electrons. The molecule has 1 aliphatic carbocycles. The SMILES string of the molecule is Cc1cc(SC2=C(O)C[C@@](CCc3ccc(O)cc3)(C3CC3)OC2=O)c(C(C)(C)C)cc1N. The van der Waals surface area contributed by atoms with Crippen molar-refractivity contribution >= 4 is 23.4 Å². The Kier molecular flexibility index (Phi) is 6.16. The van der Waals surface area contributed by atoms with E-state index in [2.05, 4.69) is 20.8 Å². The number of carbonyl (C=O) groups excluding carboxylic acids is 1. The molecule has 0 bridgehead atoms. The Morgan fingerprint density at radius 3 is 2.39 bits per heavy atom. The number of benzene rings is 2. The van der Waals surface area contributed by atoms with Gasteiger partial charge in [0.15, 0.2) is 0 Å². The monoisotopic (exact) mass is 467 g/mol. The molecule has 2 aromatic rings. The number of phenols is 1. The van der Waals surface area contributed by atoms with Gasteiger partial charge >= 0.3 is 5.97 Å². The van der Waals surface area contributed by atoms with Gasteiger partial charge in [0.2, 0.25) is 0 Å². The van der Waals surface area contributed by atoms with Crippen LogP contribution in [0.3, 0.4) is 0 Å². The Bertz CT molecular complexity index is 1100. The van der Waals surface area contributed by atoms with Crippen LogP contribution >= 0.6 is 11.8 Å². The lowest BCUT2D eigenvalue weighted by molar-refractivity contribution is -0.161. The minimum absolute atomic E-state index is 0.114. The molecule has 5 nitrogen and oxygen atoms in total. The third-order valence-corrected chi connectivity index (χ3v) is 7.86. The second kappa shape index (κ2) is 8.64. The van der Waals surface area contributed by atoms with E-state index in [4.69, 9.17) is 10.5 Å². The summed E-state index contributed by atoms with van der Waals surface area (Å²) < 4.78 is 6.13. The number of nitrogens with two attached hydrogens (primary N) is 1. The van der Waals surface area contributed by atoms with Crippen LogP contribution in [0.2, 0.25) is 0 Å². The maximum Gasteiger partial charge on any atom is 0.349 e. The van der Waals surface area contributed by atoms with Crippen LogP contribution in [0.25, 0.3) is 0 Å². The predicted octanol–water partition coefficient (Wildman–Crippen LogP) is 6.17. The molecule has 1 saturated carbocycles. The van der Waals surface area contributed by atoms with Crippen LogP contribution < -0.4 is 5.73 Å². The highest BCUT2D eigenvalue weighted by atomic mass is 32.2. The summed E-state index contributed by atoms with van der Waals surface area (Å²) >= 11 is 1.28. The molecule has 0 saturated heterocycles. The zero-order chi connectivity index (χ0) is 24.0. The summed E-state index contributed by atoms with van der Waals surface area (Å²) in [7, 11) is 0. The van der Waals surface area contributed by atoms with Crippen LogP contribution in [0.1, 0.15) is 63.1 Å². The van der Waals surface area contributed by atoms with Gasteiger partial charge in [0.25, 0.3) is 0 Å². The fourth-order valence-corrected chi connectivity index (χ4v) is 5.77. The van der Waals surface area contributed by atoms with E-state index < -0.39 is 11.6 Å². The number of carbonyl (C=O) groups is 1. The van der Waals surface area contributed by atoms with Crippen LogP contribution in [0, 0.1) is 12.8 Å². The van der Waals surface area contributed by atoms with Crippen molar-refractivity contribution in [3.05, 3.63) is 63.8 Å². The highest BCUT2D eigenvalue weighted by Gasteiger charge is 2.52. The molecule has 6 heteroatoms. The molecule has 0 aromatic heterocycles. The normalized spacial score (nSPS) is 21.3. The van der Waals surface area contributed by atoms with Crippen LogP contribution in [0.4, 0.5) is 5.69 Å². The first-order chi connectivity index (χ1) is 15.5. The molecule has 33 heavy (non-hydrogen) atoms. The van der Waals surface area contributed by atoms with Gasteiger partial charge in [-0.15, -0.1) is 0 Å². The molecule has 1 atom stereocenters. The number of aliphatic hydroxyl groups excluding tert-OH is 1. The number of anilines is 1. The van der Waals surface area contributed by atoms with E-state index in [1.807, 2.05) is 31.2 Å². The lowest BCUT2D eigenvalue weighted by Crippen LogP contribution is -2.42. The van der Waals surface area contributed by atoms with E-state index in [-0.39, 0.29) is 27.7 Å². The van der Waals surface area contributed by atoms with Gasteiger partial charge < -0.3 is 20.7 Å². The van der Waals surface area contributed by atoms with Crippen LogP contribution in [0.5, 0.6) is 5.75 Å². The molecule has 4 rings (SSSR count). The van der Waals surface area contributed by atoms with Gasteiger partial charge in [-0.3, -0.25) is 0 Å².